The molecule has 1 atom stereocenters. The highest BCUT2D eigenvalue weighted by Crippen LogP contribution is 2.44. The summed E-state index contributed by atoms with van der Waals surface area (Å²) in [6.07, 6.45) is 6.35. The quantitative estimate of drug-likeness (QED) is 0.884. The number of nitrogens with zero attached hydrogens (tertiary/aromatic N) is 2. The molecule has 1 aliphatic carbocycles. The van der Waals surface area contributed by atoms with Gasteiger partial charge in [0.25, 0.3) is 0 Å². The van der Waals surface area contributed by atoms with Crippen molar-refractivity contribution in [2.75, 3.05) is 0 Å². The lowest BCUT2D eigenvalue weighted by molar-refractivity contribution is 0.205. The van der Waals surface area contributed by atoms with Gasteiger partial charge in [-0.1, -0.05) is 37.3 Å². The highest BCUT2D eigenvalue weighted by molar-refractivity contribution is 5.37. The molecule has 2 N–H and O–H groups in total. The van der Waals surface area contributed by atoms with E-state index in [1.165, 1.54) is 0 Å². The van der Waals surface area contributed by atoms with E-state index in [0.29, 0.717) is 6.04 Å². The van der Waals surface area contributed by atoms with Crippen molar-refractivity contribution in [3.63, 3.8) is 0 Å². The van der Waals surface area contributed by atoms with Crippen LogP contribution in [0.25, 0.3) is 0 Å². The minimum absolute atomic E-state index is 0.234. The number of aromatic amines is 1. The SMILES string of the molecule is CCC(NC1CC(C#N)(c2ccccc2)C1)c1ncc[nH]1. The Balaban J connectivity index is 1.66. The van der Waals surface area contributed by atoms with Gasteiger partial charge in [0.15, 0.2) is 0 Å². The summed E-state index contributed by atoms with van der Waals surface area (Å²) in [7, 11) is 0. The molecule has 108 valence electrons. The first kappa shape index (κ1) is 13.8. The van der Waals surface area contributed by atoms with Crippen LogP contribution in [0.3, 0.4) is 0 Å². The minimum Gasteiger partial charge on any atom is -0.347 e. The van der Waals surface area contributed by atoms with Gasteiger partial charge in [0.2, 0.25) is 0 Å². The summed E-state index contributed by atoms with van der Waals surface area (Å²) < 4.78 is 0. The van der Waals surface area contributed by atoms with E-state index >= 15 is 0 Å². The fraction of sp³-hybridized carbons (Fsp3) is 0.412. The zero-order valence-electron chi connectivity index (χ0n) is 12.2. The van der Waals surface area contributed by atoms with Crippen molar-refractivity contribution in [2.45, 2.75) is 43.7 Å². The lowest BCUT2D eigenvalue weighted by atomic mass is 9.62. The van der Waals surface area contributed by atoms with E-state index in [2.05, 4.69) is 40.4 Å². The molecule has 2 aromatic rings. The van der Waals surface area contributed by atoms with Crippen molar-refractivity contribution in [1.29, 1.82) is 5.26 Å². The molecule has 0 saturated heterocycles. The maximum Gasteiger partial charge on any atom is 0.123 e. The van der Waals surface area contributed by atoms with Crippen molar-refractivity contribution in [3.8, 4) is 6.07 Å². The molecule has 4 heteroatoms. The molecule has 0 aliphatic heterocycles. The fourth-order valence-electron chi connectivity index (χ4n) is 3.19. The fourth-order valence-corrected chi connectivity index (χ4v) is 3.19. The largest absolute Gasteiger partial charge is 0.347 e. The molecule has 0 radical (unpaired) electrons. The van der Waals surface area contributed by atoms with Crippen LogP contribution in [0.5, 0.6) is 0 Å². The number of hydrogen-bond acceptors (Lipinski definition) is 3. The number of H-pyrrole nitrogens is 1. The van der Waals surface area contributed by atoms with Crippen molar-refractivity contribution in [3.05, 3.63) is 54.1 Å². The minimum atomic E-state index is -0.319. The zero-order valence-corrected chi connectivity index (χ0v) is 12.2. The molecule has 1 aromatic heterocycles. The summed E-state index contributed by atoms with van der Waals surface area (Å²) in [6, 6.07) is 13.3. The van der Waals surface area contributed by atoms with E-state index in [9.17, 15) is 5.26 Å². The van der Waals surface area contributed by atoms with Gasteiger partial charge in [0, 0.05) is 18.4 Å². The maximum atomic E-state index is 9.59. The van der Waals surface area contributed by atoms with Gasteiger partial charge >= 0.3 is 0 Å². The molecule has 1 heterocycles. The van der Waals surface area contributed by atoms with Gasteiger partial charge in [-0.3, -0.25) is 0 Å². The van der Waals surface area contributed by atoms with E-state index in [0.717, 1.165) is 30.7 Å². The molecule has 1 aromatic carbocycles. The molecule has 1 saturated carbocycles. The van der Waals surface area contributed by atoms with E-state index < -0.39 is 0 Å². The van der Waals surface area contributed by atoms with Crippen molar-refractivity contribution in [2.24, 2.45) is 0 Å². The molecular formula is C17H20N4. The molecule has 21 heavy (non-hydrogen) atoms. The van der Waals surface area contributed by atoms with Crippen LogP contribution in [-0.4, -0.2) is 16.0 Å². The third-order valence-corrected chi connectivity index (χ3v) is 4.42. The Kier molecular flexibility index (Phi) is 3.76. The predicted molar refractivity (Wildman–Crippen MR) is 81.5 cm³/mol. The topological polar surface area (TPSA) is 64.5 Å². The van der Waals surface area contributed by atoms with Crippen LogP contribution in [0.4, 0.5) is 0 Å². The van der Waals surface area contributed by atoms with E-state index in [-0.39, 0.29) is 11.5 Å². The number of aromatic nitrogens is 2. The van der Waals surface area contributed by atoms with Crippen LogP contribution < -0.4 is 5.32 Å². The second-order valence-corrected chi connectivity index (χ2v) is 5.77. The Labute approximate surface area is 125 Å². The van der Waals surface area contributed by atoms with Crippen LogP contribution in [0.2, 0.25) is 0 Å². The Morgan fingerprint density at radius 2 is 2.19 bits per heavy atom. The van der Waals surface area contributed by atoms with E-state index in [1.807, 2.05) is 24.4 Å². The number of hydrogen-bond donors (Lipinski definition) is 2. The van der Waals surface area contributed by atoms with Gasteiger partial charge in [-0.05, 0) is 24.8 Å². The van der Waals surface area contributed by atoms with E-state index in [1.54, 1.807) is 6.20 Å². The lowest BCUT2D eigenvalue weighted by Crippen LogP contribution is -2.51. The summed E-state index contributed by atoms with van der Waals surface area (Å²) in [5.41, 5.74) is 0.817. The average Bonchev–Trinajstić information content (AvgIpc) is 3.02. The van der Waals surface area contributed by atoms with Crippen LogP contribution in [0.15, 0.2) is 42.7 Å². The summed E-state index contributed by atoms with van der Waals surface area (Å²) >= 11 is 0. The summed E-state index contributed by atoms with van der Waals surface area (Å²) in [6.45, 7) is 2.15. The normalized spacial score (nSPS) is 25.8. The van der Waals surface area contributed by atoms with Gasteiger partial charge in [-0.2, -0.15) is 5.26 Å². The third kappa shape index (κ3) is 2.57. The van der Waals surface area contributed by atoms with Crippen LogP contribution >= 0.6 is 0 Å². The first-order chi connectivity index (χ1) is 10.3. The van der Waals surface area contributed by atoms with Gasteiger partial charge in [0.05, 0.1) is 17.5 Å². The number of nitriles is 1. The number of nitrogens with one attached hydrogen (secondary N) is 2. The zero-order chi connectivity index (χ0) is 14.7. The highest BCUT2D eigenvalue weighted by Gasteiger charge is 2.46. The van der Waals surface area contributed by atoms with Gasteiger partial charge in [0.1, 0.15) is 5.82 Å². The number of imidazole rings is 1. The smallest absolute Gasteiger partial charge is 0.123 e. The van der Waals surface area contributed by atoms with Gasteiger partial charge in [-0.25, -0.2) is 4.98 Å². The molecule has 1 fully saturated rings. The summed E-state index contributed by atoms with van der Waals surface area (Å²) in [5.74, 6) is 0.978. The third-order valence-electron chi connectivity index (χ3n) is 4.42. The summed E-state index contributed by atoms with van der Waals surface area (Å²) in [5, 5.41) is 13.2. The molecule has 4 nitrogen and oxygen atoms in total. The van der Waals surface area contributed by atoms with E-state index in [4.69, 9.17) is 0 Å². The maximum absolute atomic E-state index is 9.59. The van der Waals surface area contributed by atoms with Gasteiger partial charge < -0.3 is 10.3 Å². The molecule has 3 rings (SSSR count). The number of benzene rings is 1. The van der Waals surface area contributed by atoms with Crippen molar-refractivity contribution in [1.82, 2.24) is 15.3 Å². The van der Waals surface area contributed by atoms with Crippen molar-refractivity contribution < 1.29 is 0 Å². The standard InChI is InChI=1S/C17H20N4/c1-2-15(16-19-8-9-20-16)21-14-10-17(11-14,12-18)13-6-4-3-5-7-13/h3-9,14-15,21H,2,10-11H2,1H3,(H,19,20). The molecule has 0 spiro atoms. The Hall–Kier alpha value is -2.12. The molecular weight excluding hydrogens is 260 g/mol. The number of rotatable bonds is 5. The monoisotopic (exact) mass is 280 g/mol. The van der Waals surface area contributed by atoms with Gasteiger partial charge in [-0.15, -0.1) is 0 Å². The Morgan fingerprint density at radius 1 is 1.43 bits per heavy atom. The average molecular weight is 280 g/mol. The van der Waals surface area contributed by atoms with Crippen LogP contribution in [0, 0.1) is 11.3 Å². The second kappa shape index (κ2) is 5.71. The van der Waals surface area contributed by atoms with Crippen LogP contribution in [0.1, 0.15) is 43.6 Å². The first-order valence-corrected chi connectivity index (χ1v) is 7.49. The predicted octanol–water partition coefficient (Wildman–Crippen LogP) is 3.07. The first-order valence-electron chi connectivity index (χ1n) is 7.49. The molecule has 1 aliphatic rings. The molecule has 0 amide bonds. The summed E-state index contributed by atoms with van der Waals surface area (Å²) in [4.78, 5) is 7.50. The van der Waals surface area contributed by atoms with Crippen molar-refractivity contribution >= 4 is 0 Å². The molecule has 0 bridgehead atoms. The highest BCUT2D eigenvalue weighted by atomic mass is 15.0. The molecule has 1 unspecified atom stereocenters. The second-order valence-electron chi connectivity index (χ2n) is 5.77. The Morgan fingerprint density at radius 3 is 2.76 bits per heavy atom. The lowest BCUT2D eigenvalue weighted by Gasteiger charge is -2.44. The van der Waals surface area contributed by atoms with Crippen LogP contribution in [-0.2, 0) is 5.41 Å². The Bertz CT molecular complexity index is 606.